The minimum absolute atomic E-state index is 0.0191. The van der Waals surface area contributed by atoms with E-state index in [-0.39, 0.29) is 5.41 Å². The number of nitrogens with zero attached hydrogens (tertiary/aromatic N) is 1. The van der Waals surface area contributed by atoms with Crippen LogP contribution in [0.4, 0.5) is 5.13 Å². The maximum atomic E-state index is 5.88. The van der Waals surface area contributed by atoms with Crippen molar-refractivity contribution in [3.05, 3.63) is 43.3 Å². The van der Waals surface area contributed by atoms with Gasteiger partial charge in [0.25, 0.3) is 0 Å². The Morgan fingerprint density at radius 1 is 1.26 bits per heavy atom. The van der Waals surface area contributed by atoms with Gasteiger partial charge in [0.2, 0.25) is 0 Å². The first-order chi connectivity index (χ1) is 8.77. The molecule has 0 atom stereocenters. The van der Waals surface area contributed by atoms with Gasteiger partial charge < -0.3 is 5.73 Å². The lowest BCUT2D eigenvalue weighted by atomic mass is 9.90. The van der Waals surface area contributed by atoms with Crippen LogP contribution >= 0.6 is 43.2 Å². The van der Waals surface area contributed by atoms with Crippen molar-refractivity contribution in [3.63, 3.8) is 0 Å². The van der Waals surface area contributed by atoms with Gasteiger partial charge in [0, 0.05) is 25.7 Å². The summed E-state index contributed by atoms with van der Waals surface area (Å²) in [5.41, 5.74) is 8.25. The third-order valence-electron chi connectivity index (χ3n) is 2.79. The summed E-state index contributed by atoms with van der Waals surface area (Å²) in [5, 5.41) is 0.646. The summed E-state index contributed by atoms with van der Waals surface area (Å²) in [6.07, 6.45) is 0.856. The molecular weight excluding hydrogens is 388 g/mol. The Morgan fingerprint density at radius 2 is 1.95 bits per heavy atom. The van der Waals surface area contributed by atoms with Gasteiger partial charge in [-0.15, -0.1) is 11.3 Å². The van der Waals surface area contributed by atoms with Crippen LogP contribution in [0.25, 0.3) is 0 Å². The number of nitrogen functional groups attached to an aromatic ring is 1. The van der Waals surface area contributed by atoms with Crippen molar-refractivity contribution in [1.82, 2.24) is 4.98 Å². The molecule has 0 saturated heterocycles. The molecule has 0 aliphatic rings. The van der Waals surface area contributed by atoms with Crippen LogP contribution in [0.3, 0.4) is 0 Å². The number of rotatable bonds is 2. The molecule has 1 aromatic heterocycles. The first kappa shape index (κ1) is 15.0. The molecule has 0 saturated carbocycles. The van der Waals surface area contributed by atoms with Crippen LogP contribution in [0.1, 0.15) is 36.9 Å². The maximum absolute atomic E-state index is 5.88. The van der Waals surface area contributed by atoms with Gasteiger partial charge in [-0.05, 0) is 17.7 Å². The number of hydrogen-bond acceptors (Lipinski definition) is 3. The van der Waals surface area contributed by atoms with E-state index in [4.69, 9.17) is 5.73 Å². The Balaban J connectivity index is 2.38. The van der Waals surface area contributed by atoms with Gasteiger partial charge in [0.1, 0.15) is 0 Å². The molecule has 0 bridgehead atoms. The fourth-order valence-corrected chi connectivity index (χ4v) is 4.17. The molecule has 1 aromatic carbocycles. The summed E-state index contributed by atoms with van der Waals surface area (Å²) >= 11 is 8.66. The van der Waals surface area contributed by atoms with Gasteiger partial charge in [0.05, 0.1) is 5.69 Å². The molecule has 0 unspecified atom stereocenters. The van der Waals surface area contributed by atoms with Gasteiger partial charge in [-0.2, -0.15) is 0 Å². The molecule has 19 heavy (non-hydrogen) atoms. The SMILES string of the molecule is CC(C)(C)c1nc(N)sc1Cc1ccc(Br)cc1Br. The van der Waals surface area contributed by atoms with Crippen molar-refractivity contribution in [2.75, 3.05) is 5.73 Å². The standard InChI is InChI=1S/C14H16Br2N2S/c1-14(2,3)12-11(19-13(17)18-12)6-8-4-5-9(15)7-10(8)16/h4-5,7H,6H2,1-3H3,(H2,17,18). The third kappa shape index (κ3) is 3.58. The van der Waals surface area contributed by atoms with E-state index in [1.807, 2.05) is 0 Å². The molecule has 2 rings (SSSR count). The zero-order valence-corrected chi connectivity index (χ0v) is 15.1. The number of thiazole rings is 1. The number of benzene rings is 1. The van der Waals surface area contributed by atoms with Crippen molar-refractivity contribution in [1.29, 1.82) is 0 Å². The molecule has 2 nitrogen and oxygen atoms in total. The third-order valence-corrected chi connectivity index (χ3v) is 4.91. The molecule has 2 aromatic rings. The van der Waals surface area contributed by atoms with E-state index in [1.54, 1.807) is 11.3 Å². The van der Waals surface area contributed by atoms with Crippen LogP contribution in [0.2, 0.25) is 0 Å². The quantitative estimate of drug-likeness (QED) is 0.753. The van der Waals surface area contributed by atoms with Gasteiger partial charge in [-0.3, -0.25) is 0 Å². The molecule has 0 amide bonds. The van der Waals surface area contributed by atoms with Gasteiger partial charge in [-0.25, -0.2) is 4.98 Å². The topological polar surface area (TPSA) is 38.9 Å². The summed E-state index contributed by atoms with van der Waals surface area (Å²) in [5.74, 6) is 0. The molecule has 1 heterocycles. The van der Waals surface area contributed by atoms with Crippen molar-refractivity contribution in [2.24, 2.45) is 0 Å². The average Bonchev–Trinajstić information content (AvgIpc) is 2.63. The lowest BCUT2D eigenvalue weighted by molar-refractivity contribution is 0.568. The molecule has 102 valence electrons. The second-order valence-corrected chi connectivity index (χ2v) is 8.37. The fourth-order valence-electron chi connectivity index (χ4n) is 1.91. The van der Waals surface area contributed by atoms with Gasteiger partial charge in [-0.1, -0.05) is 58.7 Å². The van der Waals surface area contributed by atoms with E-state index in [2.05, 4.69) is 75.8 Å². The summed E-state index contributed by atoms with van der Waals surface area (Å²) < 4.78 is 2.18. The van der Waals surface area contributed by atoms with Gasteiger partial charge >= 0.3 is 0 Å². The average molecular weight is 404 g/mol. The van der Waals surface area contributed by atoms with E-state index in [0.29, 0.717) is 5.13 Å². The molecule has 0 fully saturated rings. The Morgan fingerprint density at radius 3 is 2.53 bits per heavy atom. The predicted molar refractivity (Wildman–Crippen MR) is 89.9 cm³/mol. The van der Waals surface area contributed by atoms with E-state index in [9.17, 15) is 0 Å². The van der Waals surface area contributed by atoms with Gasteiger partial charge in [0.15, 0.2) is 5.13 Å². The number of halogens is 2. The summed E-state index contributed by atoms with van der Waals surface area (Å²) in [7, 11) is 0. The monoisotopic (exact) mass is 402 g/mol. The predicted octanol–water partition coefficient (Wildman–Crippen LogP) is 5.14. The summed E-state index contributed by atoms with van der Waals surface area (Å²) in [6, 6.07) is 6.24. The summed E-state index contributed by atoms with van der Waals surface area (Å²) in [6.45, 7) is 6.50. The van der Waals surface area contributed by atoms with Crippen LogP contribution in [-0.2, 0) is 11.8 Å². The Bertz CT molecular complexity index is 600. The van der Waals surface area contributed by atoms with E-state index in [1.165, 1.54) is 10.4 Å². The van der Waals surface area contributed by atoms with Crippen molar-refractivity contribution >= 4 is 48.3 Å². The zero-order valence-electron chi connectivity index (χ0n) is 11.1. The first-order valence-electron chi connectivity index (χ1n) is 5.97. The maximum Gasteiger partial charge on any atom is 0.180 e. The second-order valence-electron chi connectivity index (χ2n) is 5.49. The van der Waals surface area contributed by atoms with Crippen LogP contribution < -0.4 is 5.73 Å². The van der Waals surface area contributed by atoms with E-state index in [0.717, 1.165) is 21.1 Å². The van der Waals surface area contributed by atoms with E-state index < -0.39 is 0 Å². The smallest absolute Gasteiger partial charge is 0.180 e. The molecule has 5 heteroatoms. The highest BCUT2D eigenvalue weighted by Gasteiger charge is 2.23. The minimum atomic E-state index is 0.0191. The molecule has 0 spiro atoms. The van der Waals surface area contributed by atoms with Crippen LogP contribution in [0.5, 0.6) is 0 Å². The second kappa shape index (κ2) is 5.54. The van der Waals surface area contributed by atoms with Crippen LogP contribution in [0.15, 0.2) is 27.1 Å². The molecule has 0 aliphatic heterocycles. The zero-order chi connectivity index (χ0) is 14.2. The Labute approximate surface area is 134 Å². The first-order valence-corrected chi connectivity index (χ1v) is 8.37. The highest BCUT2D eigenvalue weighted by atomic mass is 79.9. The minimum Gasteiger partial charge on any atom is -0.375 e. The Kier molecular flexibility index (Phi) is 4.38. The number of anilines is 1. The van der Waals surface area contributed by atoms with Crippen molar-refractivity contribution < 1.29 is 0 Å². The Hall–Kier alpha value is -0.390. The van der Waals surface area contributed by atoms with Crippen molar-refractivity contribution in [3.8, 4) is 0 Å². The van der Waals surface area contributed by atoms with Crippen LogP contribution in [-0.4, -0.2) is 4.98 Å². The molecule has 0 radical (unpaired) electrons. The molecule has 2 N–H and O–H groups in total. The number of hydrogen-bond donors (Lipinski definition) is 1. The van der Waals surface area contributed by atoms with Crippen molar-refractivity contribution in [2.45, 2.75) is 32.6 Å². The fraction of sp³-hybridized carbons (Fsp3) is 0.357. The number of nitrogens with two attached hydrogens (primary N) is 1. The highest BCUT2D eigenvalue weighted by Crippen LogP contribution is 2.34. The normalized spacial score (nSPS) is 11.8. The largest absolute Gasteiger partial charge is 0.375 e. The lowest BCUT2D eigenvalue weighted by Crippen LogP contribution is -2.14. The van der Waals surface area contributed by atoms with E-state index >= 15 is 0 Å². The summed E-state index contributed by atoms with van der Waals surface area (Å²) in [4.78, 5) is 5.74. The highest BCUT2D eigenvalue weighted by molar-refractivity contribution is 9.11. The molecule has 0 aliphatic carbocycles. The number of aromatic nitrogens is 1. The molecular formula is C14H16Br2N2S. The van der Waals surface area contributed by atoms with Crippen LogP contribution in [0, 0.1) is 0 Å². The lowest BCUT2D eigenvalue weighted by Gasteiger charge is -2.17.